The highest BCUT2D eigenvalue weighted by molar-refractivity contribution is 5.72. The molecule has 0 aromatic heterocycles. The highest BCUT2D eigenvalue weighted by Crippen LogP contribution is 2.48. The average Bonchev–Trinajstić information content (AvgIpc) is 2.52. The maximum atomic E-state index is 13.1. The van der Waals surface area contributed by atoms with Crippen LogP contribution in [0.2, 0.25) is 0 Å². The van der Waals surface area contributed by atoms with E-state index in [0.717, 1.165) is 0 Å². The zero-order valence-corrected chi connectivity index (χ0v) is 13.4. The Hall–Kier alpha value is -1.88. The van der Waals surface area contributed by atoms with E-state index in [0.29, 0.717) is 0 Å². The van der Waals surface area contributed by atoms with Crippen LogP contribution in [0.4, 0.5) is 35.1 Å². The van der Waals surface area contributed by atoms with Crippen molar-refractivity contribution in [3.8, 4) is 0 Å². The number of allylic oxidation sites excluding steroid dienone is 1. The Morgan fingerprint density at radius 3 is 1.92 bits per heavy atom. The van der Waals surface area contributed by atoms with Crippen LogP contribution in [0.15, 0.2) is 12.2 Å². The SMILES string of the molecule is C/C=C/COC(=O)CCCC(=O)OCC(F)(F)C(F)(F)C(F)(F)C(F)F. The number of carbonyl (C=O) groups is 2. The first-order chi connectivity index (χ1) is 11.8. The highest BCUT2D eigenvalue weighted by Gasteiger charge is 2.75. The van der Waals surface area contributed by atoms with Gasteiger partial charge in [0.05, 0.1) is 0 Å². The summed E-state index contributed by atoms with van der Waals surface area (Å²) in [6, 6.07) is 0. The number of hydrogen-bond acceptors (Lipinski definition) is 4. The molecule has 152 valence electrons. The highest BCUT2D eigenvalue weighted by atomic mass is 19.4. The van der Waals surface area contributed by atoms with E-state index >= 15 is 0 Å². The van der Waals surface area contributed by atoms with E-state index in [-0.39, 0.29) is 19.4 Å². The molecule has 0 saturated carbocycles. The summed E-state index contributed by atoms with van der Waals surface area (Å²) in [6.07, 6.45) is -3.19. The molecule has 12 heteroatoms. The quantitative estimate of drug-likeness (QED) is 0.299. The van der Waals surface area contributed by atoms with Gasteiger partial charge in [0.25, 0.3) is 0 Å². The van der Waals surface area contributed by atoms with Gasteiger partial charge in [-0.15, -0.1) is 0 Å². The van der Waals surface area contributed by atoms with Gasteiger partial charge in [0.2, 0.25) is 0 Å². The number of carbonyl (C=O) groups excluding carboxylic acids is 2. The van der Waals surface area contributed by atoms with Crippen molar-refractivity contribution in [2.75, 3.05) is 13.2 Å². The first kappa shape index (κ1) is 24.1. The number of esters is 2. The van der Waals surface area contributed by atoms with Crippen molar-refractivity contribution >= 4 is 11.9 Å². The minimum Gasteiger partial charge on any atom is -0.461 e. The van der Waals surface area contributed by atoms with E-state index in [1.54, 1.807) is 13.0 Å². The molecule has 0 unspecified atom stereocenters. The number of halogens is 8. The third-order valence-electron chi connectivity index (χ3n) is 2.90. The summed E-state index contributed by atoms with van der Waals surface area (Å²) in [5, 5.41) is 0. The van der Waals surface area contributed by atoms with E-state index in [9.17, 15) is 44.7 Å². The number of alkyl halides is 8. The Bertz CT molecular complexity index is 505. The van der Waals surface area contributed by atoms with Gasteiger partial charge in [-0.05, 0) is 13.3 Å². The standard InChI is InChI=1S/C14H16F8O4/c1-2-3-7-25-9(23)5-4-6-10(24)26-8-12(17,18)14(21,22)13(19,20)11(15)16/h2-3,11H,4-8H2,1H3/b3-2+. The van der Waals surface area contributed by atoms with Crippen LogP contribution in [0.1, 0.15) is 26.2 Å². The lowest BCUT2D eigenvalue weighted by Gasteiger charge is -2.31. The van der Waals surface area contributed by atoms with E-state index < -0.39 is 49.2 Å². The Morgan fingerprint density at radius 1 is 0.962 bits per heavy atom. The molecule has 0 heterocycles. The molecule has 0 aliphatic carbocycles. The van der Waals surface area contributed by atoms with Crippen molar-refractivity contribution in [2.24, 2.45) is 0 Å². The van der Waals surface area contributed by atoms with Gasteiger partial charge < -0.3 is 9.47 Å². The van der Waals surface area contributed by atoms with Gasteiger partial charge in [-0.1, -0.05) is 12.2 Å². The largest absolute Gasteiger partial charge is 0.461 e. The average molecular weight is 400 g/mol. The smallest absolute Gasteiger partial charge is 0.381 e. The van der Waals surface area contributed by atoms with Gasteiger partial charge in [-0.3, -0.25) is 9.59 Å². The number of hydrogen-bond donors (Lipinski definition) is 0. The molecule has 0 atom stereocenters. The van der Waals surface area contributed by atoms with Crippen LogP contribution in [-0.4, -0.2) is 49.3 Å². The van der Waals surface area contributed by atoms with Crippen molar-refractivity contribution in [2.45, 2.75) is 50.4 Å². The molecule has 0 aliphatic rings. The molecule has 0 amide bonds. The number of ether oxygens (including phenoxy) is 2. The van der Waals surface area contributed by atoms with Gasteiger partial charge in [0.15, 0.2) is 6.61 Å². The molecule has 0 bridgehead atoms. The lowest BCUT2D eigenvalue weighted by molar-refractivity contribution is -0.344. The Morgan fingerprint density at radius 2 is 1.46 bits per heavy atom. The van der Waals surface area contributed by atoms with E-state index in [1.165, 1.54) is 6.08 Å². The van der Waals surface area contributed by atoms with Gasteiger partial charge >= 0.3 is 36.1 Å². The molecule has 4 nitrogen and oxygen atoms in total. The van der Waals surface area contributed by atoms with E-state index in [2.05, 4.69) is 9.47 Å². The molecule has 0 aromatic carbocycles. The normalized spacial score (nSPS) is 13.3. The first-order valence-corrected chi connectivity index (χ1v) is 7.13. The van der Waals surface area contributed by atoms with Crippen LogP contribution < -0.4 is 0 Å². The summed E-state index contributed by atoms with van der Waals surface area (Å²) in [4.78, 5) is 22.3. The van der Waals surface area contributed by atoms with Crippen molar-refractivity contribution in [1.82, 2.24) is 0 Å². The predicted octanol–water partition coefficient (Wildman–Crippen LogP) is 3.99. The molecule has 0 spiro atoms. The van der Waals surface area contributed by atoms with Crippen molar-refractivity contribution in [3.05, 3.63) is 12.2 Å². The second-order valence-corrected chi connectivity index (χ2v) is 4.97. The maximum Gasteiger partial charge on any atom is 0.381 e. The molecule has 0 radical (unpaired) electrons. The molecule has 0 fully saturated rings. The van der Waals surface area contributed by atoms with E-state index in [4.69, 9.17) is 0 Å². The molecule has 26 heavy (non-hydrogen) atoms. The van der Waals surface area contributed by atoms with E-state index in [1.807, 2.05) is 0 Å². The lowest BCUT2D eigenvalue weighted by atomic mass is 10.1. The monoisotopic (exact) mass is 400 g/mol. The van der Waals surface area contributed by atoms with Gasteiger partial charge in [0, 0.05) is 12.8 Å². The van der Waals surface area contributed by atoms with Crippen LogP contribution in [0.3, 0.4) is 0 Å². The lowest BCUT2D eigenvalue weighted by Crippen LogP contribution is -2.59. The number of rotatable bonds is 11. The van der Waals surface area contributed by atoms with Crippen LogP contribution in [0.5, 0.6) is 0 Å². The van der Waals surface area contributed by atoms with Gasteiger partial charge in [-0.2, -0.15) is 26.3 Å². The molecule has 0 aromatic rings. The van der Waals surface area contributed by atoms with Crippen molar-refractivity contribution < 1.29 is 54.2 Å². The Labute approximate surface area is 143 Å². The van der Waals surface area contributed by atoms with Gasteiger partial charge in [-0.25, -0.2) is 8.78 Å². The van der Waals surface area contributed by atoms with Crippen molar-refractivity contribution in [3.63, 3.8) is 0 Å². The maximum absolute atomic E-state index is 13.1. The minimum atomic E-state index is -6.44. The fraction of sp³-hybridized carbons (Fsp3) is 0.714. The summed E-state index contributed by atoms with van der Waals surface area (Å²) < 4.78 is 109. The summed E-state index contributed by atoms with van der Waals surface area (Å²) >= 11 is 0. The van der Waals surface area contributed by atoms with Crippen LogP contribution in [-0.2, 0) is 19.1 Å². The van der Waals surface area contributed by atoms with Gasteiger partial charge in [0.1, 0.15) is 6.61 Å². The summed E-state index contributed by atoms with van der Waals surface area (Å²) in [6.45, 7) is -0.882. The molecule has 0 saturated heterocycles. The second-order valence-electron chi connectivity index (χ2n) is 4.97. The zero-order chi connectivity index (χ0) is 20.6. The minimum absolute atomic E-state index is 0.0283. The van der Waals surface area contributed by atoms with Crippen LogP contribution in [0.25, 0.3) is 0 Å². The fourth-order valence-corrected chi connectivity index (χ4v) is 1.40. The summed E-state index contributed by atoms with van der Waals surface area (Å²) in [7, 11) is 0. The summed E-state index contributed by atoms with van der Waals surface area (Å²) in [5.41, 5.74) is 0. The Kier molecular flexibility index (Phi) is 9.01. The van der Waals surface area contributed by atoms with Crippen molar-refractivity contribution in [1.29, 1.82) is 0 Å². The first-order valence-electron chi connectivity index (χ1n) is 7.13. The predicted molar refractivity (Wildman–Crippen MR) is 71.4 cm³/mol. The fourth-order valence-electron chi connectivity index (χ4n) is 1.40. The molecule has 0 N–H and O–H groups in total. The third-order valence-corrected chi connectivity index (χ3v) is 2.90. The second kappa shape index (κ2) is 9.72. The third kappa shape index (κ3) is 6.45. The summed E-state index contributed by atoms with van der Waals surface area (Å²) in [5.74, 6) is -20.7. The molecular formula is C14H16F8O4. The molecule has 0 rings (SSSR count). The molecular weight excluding hydrogens is 384 g/mol. The topological polar surface area (TPSA) is 52.6 Å². The van der Waals surface area contributed by atoms with Crippen LogP contribution >= 0.6 is 0 Å². The zero-order valence-electron chi connectivity index (χ0n) is 13.4. The Balaban J connectivity index is 4.46. The van der Waals surface area contributed by atoms with Crippen LogP contribution in [0, 0.1) is 0 Å². The molecule has 0 aliphatic heterocycles.